The van der Waals surface area contributed by atoms with E-state index >= 15 is 0 Å². The van der Waals surface area contributed by atoms with Crippen LogP contribution in [-0.2, 0) is 11.3 Å². The van der Waals surface area contributed by atoms with Crippen LogP contribution in [0.1, 0.15) is 25.3 Å². The summed E-state index contributed by atoms with van der Waals surface area (Å²) in [7, 11) is 1.67. The van der Waals surface area contributed by atoms with Crippen LogP contribution < -0.4 is 10.1 Å². The Morgan fingerprint density at radius 2 is 2.39 bits per heavy atom. The van der Waals surface area contributed by atoms with Gasteiger partial charge in [0.25, 0.3) is 0 Å². The highest BCUT2D eigenvalue weighted by Crippen LogP contribution is 2.26. The summed E-state index contributed by atoms with van der Waals surface area (Å²) in [4.78, 5) is 0. The lowest BCUT2D eigenvalue weighted by Gasteiger charge is -2.21. The number of methoxy groups -OCH3 is 1. The van der Waals surface area contributed by atoms with Gasteiger partial charge in [-0.3, -0.25) is 0 Å². The van der Waals surface area contributed by atoms with E-state index in [4.69, 9.17) is 21.1 Å². The summed E-state index contributed by atoms with van der Waals surface area (Å²) >= 11 is 6.20. The normalized spacial score (nSPS) is 20.9. The predicted molar refractivity (Wildman–Crippen MR) is 73.3 cm³/mol. The molecule has 1 aliphatic heterocycles. The third-order valence-electron chi connectivity index (χ3n) is 3.42. The molecular formula is C14H20ClNO2. The Morgan fingerprint density at radius 3 is 3.06 bits per heavy atom. The van der Waals surface area contributed by atoms with E-state index in [0.29, 0.717) is 18.7 Å². The lowest BCUT2D eigenvalue weighted by Crippen LogP contribution is -2.36. The third-order valence-corrected chi connectivity index (χ3v) is 3.77. The summed E-state index contributed by atoms with van der Waals surface area (Å²) < 4.78 is 11.0. The molecule has 1 N–H and O–H groups in total. The maximum atomic E-state index is 6.20. The highest BCUT2D eigenvalue weighted by atomic mass is 35.5. The molecule has 100 valence electrons. The van der Waals surface area contributed by atoms with Crippen molar-refractivity contribution < 1.29 is 9.47 Å². The van der Waals surface area contributed by atoms with E-state index in [2.05, 4.69) is 12.2 Å². The minimum Gasteiger partial charge on any atom is -0.496 e. The molecule has 4 heteroatoms. The number of benzene rings is 1. The van der Waals surface area contributed by atoms with Crippen LogP contribution >= 0.6 is 11.6 Å². The summed E-state index contributed by atoms with van der Waals surface area (Å²) in [6.45, 7) is 3.73. The maximum absolute atomic E-state index is 6.20. The Bertz CT molecular complexity index is 391. The van der Waals surface area contributed by atoms with Gasteiger partial charge in [0.05, 0.1) is 13.2 Å². The van der Waals surface area contributed by atoms with Gasteiger partial charge in [0, 0.05) is 29.8 Å². The molecule has 0 bridgehead atoms. The van der Waals surface area contributed by atoms with E-state index in [1.807, 2.05) is 18.2 Å². The zero-order valence-electron chi connectivity index (χ0n) is 10.9. The van der Waals surface area contributed by atoms with Crippen LogP contribution in [0.3, 0.4) is 0 Å². The minimum atomic E-state index is 0.318. The number of hydrogen-bond acceptors (Lipinski definition) is 3. The Labute approximate surface area is 113 Å². The van der Waals surface area contributed by atoms with Gasteiger partial charge in [0.15, 0.2) is 0 Å². The standard InChI is InChI=1S/C14H20ClNO2/c1-10(13-7-4-8-18-13)16-9-11-12(15)5-3-6-14(11)17-2/h3,5-6,10,13,16H,4,7-9H2,1-2H3. The van der Waals surface area contributed by atoms with Crippen LogP contribution in [0.15, 0.2) is 18.2 Å². The largest absolute Gasteiger partial charge is 0.496 e. The molecule has 0 radical (unpaired) electrons. The van der Waals surface area contributed by atoms with E-state index in [9.17, 15) is 0 Å². The van der Waals surface area contributed by atoms with Crippen molar-refractivity contribution in [2.24, 2.45) is 0 Å². The summed E-state index contributed by atoms with van der Waals surface area (Å²) in [5, 5.41) is 4.20. The van der Waals surface area contributed by atoms with Crippen LogP contribution in [0.2, 0.25) is 5.02 Å². The van der Waals surface area contributed by atoms with Crippen molar-refractivity contribution in [3.63, 3.8) is 0 Å². The smallest absolute Gasteiger partial charge is 0.124 e. The van der Waals surface area contributed by atoms with Crippen LogP contribution in [0.25, 0.3) is 0 Å². The van der Waals surface area contributed by atoms with E-state index in [1.54, 1.807) is 7.11 Å². The number of hydrogen-bond donors (Lipinski definition) is 1. The van der Waals surface area contributed by atoms with Gasteiger partial charge < -0.3 is 14.8 Å². The second-order valence-electron chi connectivity index (χ2n) is 4.64. The monoisotopic (exact) mass is 269 g/mol. The van der Waals surface area contributed by atoms with Crippen molar-refractivity contribution in [2.75, 3.05) is 13.7 Å². The number of rotatable bonds is 5. The SMILES string of the molecule is COc1cccc(Cl)c1CNC(C)C1CCCO1. The van der Waals surface area contributed by atoms with Crippen LogP contribution in [-0.4, -0.2) is 25.9 Å². The molecule has 1 fully saturated rings. The van der Waals surface area contributed by atoms with E-state index in [-0.39, 0.29) is 0 Å². The van der Waals surface area contributed by atoms with Crippen molar-refractivity contribution in [2.45, 2.75) is 38.5 Å². The zero-order valence-corrected chi connectivity index (χ0v) is 11.7. The van der Waals surface area contributed by atoms with E-state index in [1.165, 1.54) is 0 Å². The van der Waals surface area contributed by atoms with Gasteiger partial charge in [-0.15, -0.1) is 0 Å². The molecule has 2 rings (SSSR count). The lowest BCUT2D eigenvalue weighted by molar-refractivity contribution is 0.0831. The molecule has 2 atom stereocenters. The minimum absolute atomic E-state index is 0.318. The molecule has 1 aromatic rings. The molecule has 0 saturated carbocycles. The topological polar surface area (TPSA) is 30.5 Å². The van der Waals surface area contributed by atoms with Crippen molar-refractivity contribution in [3.8, 4) is 5.75 Å². The highest BCUT2D eigenvalue weighted by molar-refractivity contribution is 6.31. The molecule has 2 unspecified atom stereocenters. The van der Waals surface area contributed by atoms with Crippen LogP contribution in [0.4, 0.5) is 0 Å². The quantitative estimate of drug-likeness (QED) is 0.891. The fraction of sp³-hybridized carbons (Fsp3) is 0.571. The lowest BCUT2D eigenvalue weighted by atomic mass is 10.1. The summed E-state index contributed by atoms with van der Waals surface area (Å²) in [6.07, 6.45) is 2.61. The van der Waals surface area contributed by atoms with Gasteiger partial charge in [-0.1, -0.05) is 17.7 Å². The van der Waals surface area contributed by atoms with Gasteiger partial charge in [-0.2, -0.15) is 0 Å². The second-order valence-corrected chi connectivity index (χ2v) is 5.05. The molecule has 3 nitrogen and oxygen atoms in total. The fourth-order valence-electron chi connectivity index (χ4n) is 2.29. The van der Waals surface area contributed by atoms with Crippen molar-refractivity contribution in [1.29, 1.82) is 0 Å². The first kappa shape index (κ1) is 13.7. The summed E-state index contributed by atoms with van der Waals surface area (Å²) in [5.41, 5.74) is 1.01. The molecule has 0 aromatic heterocycles. The second kappa shape index (κ2) is 6.41. The number of ether oxygens (including phenoxy) is 2. The first-order valence-corrected chi connectivity index (χ1v) is 6.76. The Kier molecular flexibility index (Phi) is 4.87. The van der Waals surface area contributed by atoms with Crippen LogP contribution in [0, 0.1) is 0 Å². The Hall–Kier alpha value is -0.770. The molecule has 0 spiro atoms. The highest BCUT2D eigenvalue weighted by Gasteiger charge is 2.22. The molecule has 1 heterocycles. The Balaban J connectivity index is 1.96. The molecule has 18 heavy (non-hydrogen) atoms. The first-order valence-electron chi connectivity index (χ1n) is 6.38. The molecule has 1 aromatic carbocycles. The zero-order chi connectivity index (χ0) is 13.0. The van der Waals surface area contributed by atoms with Gasteiger partial charge in [-0.25, -0.2) is 0 Å². The summed E-state index contributed by atoms with van der Waals surface area (Å²) in [6, 6.07) is 6.04. The third kappa shape index (κ3) is 3.16. The summed E-state index contributed by atoms with van der Waals surface area (Å²) in [5.74, 6) is 0.828. The van der Waals surface area contributed by atoms with Gasteiger partial charge in [-0.05, 0) is 31.9 Å². The van der Waals surface area contributed by atoms with E-state index in [0.717, 1.165) is 35.8 Å². The predicted octanol–water partition coefficient (Wildman–Crippen LogP) is 3.01. The van der Waals surface area contributed by atoms with Crippen molar-refractivity contribution in [1.82, 2.24) is 5.32 Å². The van der Waals surface area contributed by atoms with Crippen LogP contribution in [0.5, 0.6) is 5.75 Å². The molecule has 0 aliphatic carbocycles. The van der Waals surface area contributed by atoms with Gasteiger partial charge in [0.1, 0.15) is 5.75 Å². The molecule has 0 amide bonds. The first-order chi connectivity index (χ1) is 8.72. The average Bonchev–Trinajstić information content (AvgIpc) is 2.90. The number of nitrogens with one attached hydrogen (secondary N) is 1. The number of halogens is 1. The molecule has 1 saturated heterocycles. The fourth-order valence-corrected chi connectivity index (χ4v) is 2.53. The van der Waals surface area contributed by atoms with Crippen molar-refractivity contribution in [3.05, 3.63) is 28.8 Å². The van der Waals surface area contributed by atoms with E-state index < -0.39 is 0 Å². The van der Waals surface area contributed by atoms with Crippen molar-refractivity contribution >= 4 is 11.6 Å². The average molecular weight is 270 g/mol. The molecular weight excluding hydrogens is 250 g/mol. The maximum Gasteiger partial charge on any atom is 0.124 e. The van der Waals surface area contributed by atoms with Gasteiger partial charge >= 0.3 is 0 Å². The molecule has 1 aliphatic rings. The Morgan fingerprint density at radius 1 is 1.56 bits per heavy atom. The van der Waals surface area contributed by atoms with Gasteiger partial charge in [0.2, 0.25) is 0 Å².